The van der Waals surface area contributed by atoms with Crippen molar-refractivity contribution in [3.8, 4) is 11.8 Å². The van der Waals surface area contributed by atoms with E-state index in [0.29, 0.717) is 12.1 Å². The Balaban J connectivity index is 1.97. The number of amides is 1. The molecule has 0 aliphatic carbocycles. The number of benzene rings is 1. The molecular weight excluding hydrogens is 270 g/mol. The van der Waals surface area contributed by atoms with Crippen molar-refractivity contribution in [1.82, 2.24) is 5.32 Å². The Hall–Kier alpha value is -2.09. The topological polar surface area (TPSA) is 49.3 Å². The number of aryl methyl sites for hydroxylation is 1. The predicted molar refractivity (Wildman–Crippen MR) is 80.6 cm³/mol. The smallest absolute Gasteiger partial charge is 0.251 e. The molecule has 0 saturated carbocycles. The molecule has 0 unspecified atom stereocenters. The zero-order valence-electron chi connectivity index (χ0n) is 11.1. The minimum Gasteiger partial charge on any atom is -0.384 e. The van der Waals surface area contributed by atoms with Crippen molar-refractivity contribution in [2.45, 2.75) is 13.5 Å². The fraction of sp³-hybridized carbons (Fsp3) is 0.188. The van der Waals surface area contributed by atoms with E-state index < -0.39 is 0 Å². The van der Waals surface area contributed by atoms with Crippen LogP contribution in [-0.2, 0) is 6.54 Å². The van der Waals surface area contributed by atoms with Crippen molar-refractivity contribution in [3.05, 3.63) is 57.3 Å². The number of hydrogen-bond acceptors (Lipinski definition) is 3. The highest BCUT2D eigenvalue weighted by Gasteiger charge is 2.08. The van der Waals surface area contributed by atoms with Crippen molar-refractivity contribution in [2.75, 3.05) is 6.61 Å². The van der Waals surface area contributed by atoms with Gasteiger partial charge < -0.3 is 10.4 Å². The largest absolute Gasteiger partial charge is 0.384 e. The maximum atomic E-state index is 12.1. The lowest BCUT2D eigenvalue weighted by atomic mass is 10.1. The molecule has 0 atom stereocenters. The van der Waals surface area contributed by atoms with Crippen LogP contribution in [0.25, 0.3) is 0 Å². The molecule has 0 aliphatic heterocycles. The summed E-state index contributed by atoms with van der Waals surface area (Å²) in [6, 6.07) is 9.43. The van der Waals surface area contributed by atoms with Crippen molar-refractivity contribution in [3.63, 3.8) is 0 Å². The molecule has 2 N–H and O–H groups in total. The van der Waals surface area contributed by atoms with Gasteiger partial charge in [0.1, 0.15) is 6.61 Å². The van der Waals surface area contributed by atoms with Crippen LogP contribution in [0.2, 0.25) is 0 Å². The first-order valence-electron chi connectivity index (χ1n) is 6.21. The maximum Gasteiger partial charge on any atom is 0.251 e. The Morgan fingerprint density at radius 1 is 1.40 bits per heavy atom. The maximum absolute atomic E-state index is 12.1. The monoisotopic (exact) mass is 285 g/mol. The van der Waals surface area contributed by atoms with Gasteiger partial charge in [0.15, 0.2) is 0 Å². The molecule has 0 aliphatic rings. The van der Waals surface area contributed by atoms with Gasteiger partial charge in [0.25, 0.3) is 5.91 Å². The van der Waals surface area contributed by atoms with Crippen LogP contribution in [0.1, 0.15) is 26.4 Å². The van der Waals surface area contributed by atoms with Crippen LogP contribution in [-0.4, -0.2) is 17.6 Å². The van der Waals surface area contributed by atoms with E-state index in [1.165, 1.54) is 0 Å². The molecule has 1 heterocycles. The molecular formula is C16H15NO2S. The molecule has 3 nitrogen and oxygen atoms in total. The Kier molecular flexibility index (Phi) is 4.94. The molecule has 4 heteroatoms. The highest BCUT2D eigenvalue weighted by molar-refractivity contribution is 7.10. The standard InChI is InChI=1S/C16H15NO2S/c1-12-5-2-3-7-15(12)16(19)17-10-14-9-13(11-20-14)6-4-8-18/h2-3,5,7,9,11,18H,8,10H2,1H3,(H,17,19). The summed E-state index contributed by atoms with van der Waals surface area (Å²) in [7, 11) is 0. The van der Waals surface area contributed by atoms with Crippen LogP contribution >= 0.6 is 11.3 Å². The van der Waals surface area contributed by atoms with Gasteiger partial charge in [-0.05, 0) is 24.6 Å². The Bertz CT molecular complexity index is 664. The lowest BCUT2D eigenvalue weighted by molar-refractivity contribution is 0.0950. The number of carbonyl (C=O) groups excluding carboxylic acids is 1. The molecule has 0 saturated heterocycles. The lowest BCUT2D eigenvalue weighted by Gasteiger charge is -2.06. The molecule has 1 aromatic heterocycles. The van der Waals surface area contributed by atoms with Gasteiger partial charge in [-0.15, -0.1) is 11.3 Å². The number of rotatable bonds is 3. The van der Waals surface area contributed by atoms with Crippen molar-refractivity contribution >= 4 is 17.2 Å². The van der Waals surface area contributed by atoms with E-state index in [-0.39, 0.29) is 12.5 Å². The highest BCUT2D eigenvalue weighted by Crippen LogP contribution is 2.14. The zero-order valence-corrected chi connectivity index (χ0v) is 12.0. The van der Waals surface area contributed by atoms with Crippen molar-refractivity contribution < 1.29 is 9.90 Å². The van der Waals surface area contributed by atoms with Crippen molar-refractivity contribution in [2.24, 2.45) is 0 Å². The molecule has 0 fully saturated rings. The quantitative estimate of drug-likeness (QED) is 0.850. The van der Waals surface area contributed by atoms with Crippen LogP contribution in [0.15, 0.2) is 35.7 Å². The average Bonchev–Trinajstić information content (AvgIpc) is 2.91. The number of aliphatic hydroxyl groups is 1. The first-order chi connectivity index (χ1) is 9.70. The molecule has 1 aromatic carbocycles. The Labute approximate surface area is 122 Å². The molecule has 1 amide bonds. The number of thiophene rings is 1. The summed E-state index contributed by atoms with van der Waals surface area (Å²) in [4.78, 5) is 13.1. The summed E-state index contributed by atoms with van der Waals surface area (Å²) < 4.78 is 0. The summed E-state index contributed by atoms with van der Waals surface area (Å²) >= 11 is 1.54. The molecule has 0 radical (unpaired) electrons. The zero-order chi connectivity index (χ0) is 14.4. The second-order valence-electron chi connectivity index (χ2n) is 4.26. The van der Waals surface area contributed by atoms with E-state index in [1.54, 1.807) is 11.3 Å². The van der Waals surface area contributed by atoms with Gasteiger partial charge in [0.2, 0.25) is 0 Å². The third-order valence-corrected chi connectivity index (χ3v) is 3.72. The summed E-state index contributed by atoms with van der Waals surface area (Å²) in [6.07, 6.45) is 0. The van der Waals surface area contributed by atoms with Gasteiger partial charge in [-0.1, -0.05) is 30.0 Å². The van der Waals surface area contributed by atoms with Gasteiger partial charge >= 0.3 is 0 Å². The van der Waals surface area contributed by atoms with Crippen LogP contribution < -0.4 is 5.32 Å². The fourth-order valence-electron chi connectivity index (χ4n) is 1.77. The van der Waals surface area contributed by atoms with E-state index in [0.717, 1.165) is 16.0 Å². The molecule has 0 bridgehead atoms. The second kappa shape index (κ2) is 6.90. The van der Waals surface area contributed by atoms with Gasteiger partial charge in [-0.25, -0.2) is 0 Å². The summed E-state index contributed by atoms with van der Waals surface area (Å²) in [5.41, 5.74) is 2.53. The summed E-state index contributed by atoms with van der Waals surface area (Å²) in [6.45, 7) is 2.26. The third kappa shape index (κ3) is 3.70. The van der Waals surface area contributed by atoms with Crippen LogP contribution in [0.4, 0.5) is 0 Å². The Morgan fingerprint density at radius 3 is 2.95 bits per heavy atom. The Morgan fingerprint density at radius 2 is 2.20 bits per heavy atom. The average molecular weight is 285 g/mol. The van der Waals surface area contributed by atoms with E-state index in [9.17, 15) is 4.79 Å². The van der Waals surface area contributed by atoms with Crippen LogP contribution in [0, 0.1) is 18.8 Å². The van der Waals surface area contributed by atoms with Gasteiger partial charge in [0.05, 0.1) is 6.54 Å². The number of hydrogen-bond donors (Lipinski definition) is 2. The highest BCUT2D eigenvalue weighted by atomic mass is 32.1. The predicted octanol–water partition coefficient (Wildman–Crippen LogP) is 2.33. The summed E-state index contributed by atoms with van der Waals surface area (Å²) in [5, 5.41) is 13.4. The van der Waals surface area contributed by atoms with Gasteiger partial charge in [0, 0.05) is 21.4 Å². The minimum atomic E-state index is -0.144. The van der Waals surface area contributed by atoms with E-state index in [4.69, 9.17) is 5.11 Å². The van der Waals surface area contributed by atoms with Crippen LogP contribution in [0.3, 0.4) is 0 Å². The second-order valence-corrected chi connectivity index (χ2v) is 5.25. The first kappa shape index (κ1) is 14.3. The SMILES string of the molecule is Cc1ccccc1C(=O)NCc1cc(C#CCO)cs1. The summed E-state index contributed by atoms with van der Waals surface area (Å²) in [5.74, 6) is 5.37. The first-order valence-corrected chi connectivity index (χ1v) is 7.09. The minimum absolute atomic E-state index is 0.0699. The van der Waals surface area contributed by atoms with Crippen molar-refractivity contribution in [1.29, 1.82) is 0 Å². The molecule has 102 valence electrons. The van der Waals surface area contributed by atoms with E-state index in [1.807, 2.05) is 42.6 Å². The molecule has 20 heavy (non-hydrogen) atoms. The molecule has 0 spiro atoms. The number of nitrogens with one attached hydrogen (secondary N) is 1. The molecule has 2 aromatic rings. The van der Waals surface area contributed by atoms with E-state index in [2.05, 4.69) is 17.2 Å². The van der Waals surface area contributed by atoms with E-state index >= 15 is 0 Å². The lowest BCUT2D eigenvalue weighted by Crippen LogP contribution is -2.23. The van der Waals surface area contributed by atoms with Crippen LogP contribution in [0.5, 0.6) is 0 Å². The fourth-order valence-corrected chi connectivity index (χ4v) is 2.53. The number of aliphatic hydroxyl groups excluding tert-OH is 1. The third-order valence-electron chi connectivity index (χ3n) is 2.78. The normalized spacial score (nSPS) is 9.70. The van der Waals surface area contributed by atoms with Gasteiger partial charge in [-0.3, -0.25) is 4.79 Å². The van der Waals surface area contributed by atoms with Gasteiger partial charge in [-0.2, -0.15) is 0 Å². The molecule has 2 rings (SSSR count). The number of carbonyl (C=O) groups is 1.